The Bertz CT molecular complexity index is 538. The summed E-state index contributed by atoms with van der Waals surface area (Å²) in [6.45, 7) is 1.81. The van der Waals surface area contributed by atoms with Crippen LogP contribution in [0.3, 0.4) is 0 Å². The molecular formula is C19H24O4. The van der Waals surface area contributed by atoms with E-state index < -0.39 is 6.10 Å². The molecule has 0 spiro atoms. The minimum atomic E-state index is -1.08. The van der Waals surface area contributed by atoms with Crippen LogP contribution in [0, 0.1) is 0 Å². The van der Waals surface area contributed by atoms with Crippen molar-refractivity contribution in [3.05, 3.63) is 71.8 Å². The number of rotatable bonds is 4. The van der Waals surface area contributed by atoms with E-state index in [9.17, 15) is 14.7 Å². The lowest BCUT2D eigenvalue weighted by molar-refractivity contribution is -0.107. The maximum atomic E-state index is 11.9. The summed E-state index contributed by atoms with van der Waals surface area (Å²) in [4.78, 5) is 21.1. The van der Waals surface area contributed by atoms with Gasteiger partial charge in [-0.2, -0.15) is 0 Å². The average Bonchev–Trinajstić information content (AvgIpc) is 2.63. The Labute approximate surface area is 137 Å². The molecule has 0 saturated heterocycles. The minimum Gasteiger partial charge on any atom is -0.388 e. The van der Waals surface area contributed by atoms with Crippen LogP contribution >= 0.6 is 0 Å². The normalized spacial score (nSPS) is 10.3. The Morgan fingerprint density at radius 2 is 1.43 bits per heavy atom. The summed E-state index contributed by atoms with van der Waals surface area (Å²) >= 11 is 0. The van der Waals surface area contributed by atoms with Crippen LogP contribution in [0.2, 0.25) is 0 Å². The summed E-state index contributed by atoms with van der Waals surface area (Å²) in [6, 6.07) is 17.7. The molecule has 4 nitrogen and oxygen atoms in total. The van der Waals surface area contributed by atoms with Crippen LogP contribution in [0.5, 0.6) is 0 Å². The Balaban J connectivity index is 0.000000591. The third-order valence-electron chi connectivity index (χ3n) is 2.59. The number of Topliss-reactive ketones (excluding diaryl/α,β-unsaturated/α-hetero) is 1. The van der Waals surface area contributed by atoms with Gasteiger partial charge in [0.1, 0.15) is 12.4 Å². The van der Waals surface area contributed by atoms with Crippen LogP contribution in [0.4, 0.5) is 0 Å². The van der Waals surface area contributed by atoms with Crippen LogP contribution in [-0.2, 0) is 9.53 Å². The molecule has 23 heavy (non-hydrogen) atoms. The van der Waals surface area contributed by atoms with E-state index in [1.807, 2.05) is 19.1 Å². The topological polar surface area (TPSA) is 63.6 Å². The molecular weight excluding hydrogens is 292 g/mol. The molecule has 0 aliphatic carbocycles. The van der Waals surface area contributed by atoms with Gasteiger partial charge < -0.3 is 14.6 Å². The molecule has 0 bridgehead atoms. The molecule has 0 aliphatic rings. The van der Waals surface area contributed by atoms with Crippen molar-refractivity contribution in [1.82, 2.24) is 0 Å². The Kier molecular flexibility index (Phi) is 12.0. The van der Waals surface area contributed by atoms with Gasteiger partial charge in [-0.25, -0.2) is 0 Å². The summed E-state index contributed by atoms with van der Waals surface area (Å²) in [7, 11) is 3.25. The van der Waals surface area contributed by atoms with Crippen molar-refractivity contribution in [3.63, 3.8) is 0 Å². The van der Waals surface area contributed by atoms with Gasteiger partial charge in [0.25, 0.3) is 0 Å². The number of ether oxygens (including phenoxy) is 1. The van der Waals surface area contributed by atoms with E-state index in [1.54, 1.807) is 62.8 Å². The SMILES string of the molecule is CCC=O.COC.O=C(c1ccccc1)C(O)c1ccccc1. The van der Waals surface area contributed by atoms with Crippen LogP contribution < -0.4 is 0 Å². The Hall–Kier alpha value is -2.30. The number of carbonyl (C=O) groups excluding carboxylic acids is 2. The molecule has 1 N–H and O–H groups in total. The lowest BCUT2D eigenvalue weighted by Crippen LogP contribution is -2.11. The summed E-state index contributed by atoms with van der Waals surface area (Å²) < 4.78 is 4.25. The molecule has 0 fully saturated rings. The number of benzene rings is 2. The first-order valence-electron chi connectivity index (χ1n) is 7.28. The van der Waals surface area contributed by atoms with Crippen LogP contribution in [0.25, 0.3) is 0 Å². The molecule has 4 heteroatoms. The van der Waals surface area contributed by atoms with Crippen molar-refractivity contribution < 1.29 is 19.4 Å². The van der Waals surface area contributed by atoms with Gasteiger partial charge in [-0.05, 0) is 5.56 Å². The largest absolute Gasteiger partial charge is 0.388 e. The molecule has 1 atom stereocenters. The fourth-order valence-electron chi connectivity index (χ4n) is 1.55. The second-order valence-electron chi connectivity index (χ2n) is 4.53. The molecule has 1 unspecified atom stereocenters. The molecule has 2 rings (SSSR count). The Morgan fingerprint density at radius 3 is 1.83 bits per heavy atom. The van der Waals surface area contributed by atoms with E-state index in [1.165, 1.54) is 0 Å². The average molecular weight is 316 g/mol. The van der Waals surface area contributed by atoms with E-state index >= 15 is 0 Å². The monoisotopic (exact) mass is 316 g/mol. The lowest BCUT2D eigenvalue weighted by Gasteiger charge is -2.09. The van der Waals surface area contributed by atoms with E-state index in [-0.39, 0.29) is 5.78 Å². The second-order valence-corrected chi connectivity index (χ2v) is 4.53. The fraction of sp³-hybridized carbons (Fsp3) is 0.263. The Morgan fingerprint density at radius 1 is 1.04 bits per heavy atom. The zero-order valence-electron chi connectivity index (χ0n) is 13.8. The highest BCUT2D eigenvalue weighted by molar-refractivity contribution is 5.99. The van der Waals surface area contributed by atoms with Crippen molar-refractivity contribution >= 4 is 12.1 Å². The van der Waals surface area contributed by atoms with Gasteiger partial charge in [-0.15, -0.1) is 0 Å². The molecule has 0 radical (unpaired) electrons. The van der Waals surface area contributed by atoms with Gasteiger partial charge in [0.05, 0.1) is 0 Å². The smallest absolute Gasteiger partial charge is 0.195 e. The summed E-state index contributed by atoms with van der Waals surface area (Å²) in [5, 5.41) is 9.89. The van der Waals surface area contributed by atoms with Gasteiger partial charge in [-0.3, -0.25) is 4.79 Å². The molecule has 0 saturated carbocycles. The molecule has 0 heterocycles. The van der Waals surface area contributed by atoms with Gasteiger partial charge in [0, 0.05) is 26.2 Å². The van der Waals surface area contributed by atoms with E-state index in [0.717, 1.165) is 6.29 Å². The zero-order valence-corrected chi connectivity index (χ0v) is 13.8. The van der Waals surface area contributed by atoms with Crippen molar-refractivity contribution in [2.24, 2.45) is 0 Å². The van der Waals surface area contributed by atoms with Gasteiger partial charge in [-0.1, -0.05) is 67.6 Å². The first kappa shape index (κ1) is 20.7. The maximum absolute atomic E-state index is 11.9. The van der Waals surface area contributed by atoms with E-state index in [0.29, 0.717) is 17.5 Å². The number of aliphatic hydroxyl groups excluding tert-OH is 1. The fourth-order valence-corrected chi connectivity index (χ4v) is 1.55. The van der Waals surface area contributed by atoms with Gasteiger partial charge in [0.15, 0.2) is 5.78 Å². The van der Waals surface area contributed by atoms with Gasteiger partial charge >= 0.3 is 0 Å². The summed E-state index contributed by atoms with van der Waals surface area (Å²) in [5.74, 6) is -0.271. The maximum Gasteiger partial charge on any atom is 0.195 e. The van der Waals surface area contributed by atoms with Gasteiger partial charge in [0.2, 0.25) is 0 Å². The van der Waals surface area contributed by atoms with Crippen molar-refractivity contribution in [2.75, 3.05) is 14.2 Å². The highest BCUT2D eigenvalue weighted by Gasteiger charge is 2.18. The molecule has 2 aromatic carbocycles. The third kappa shape index (κ3) is 8.66. The molecule has 0 aromatic heterocycles. The number of aldehydes is 1. The van der Waals surface area contributed by atoms with Crippen molar-refractivity contribution in [3.8, 4) is 0 Å². The molecule has 124 valence electrons. The number of ketones is 1. The van der Waals surface area contributed by atoms with Crippen molar-refractivity contribution in [1.29, 1.82) is 0 Å². The van der Waals surface area contributed by atoms with Crippen LogP contribution in [0.1, 0.15) is 35.4 Å². The zero-order chi connectivity index (χ0) is 17.5. The molecule has 0 amide bonds. The highest BCUT2D eigenvalue weighted by atomic mass is 16.4. The summed E-state index contributed by atoms with van der Waals surface area (Å²) in [6.07, 6.45) is 0.434. The third-order valence-corrected chi connectivity index (χ3v) is 2.59. The van der Waals surface area contributed by atoms with E-state index in [2.05, 4.69) is 4.74 Å². The van der Waals surface area contributed by atoms with Crippen LogP contribution in [0.15, 0.2) is 60.7 Å². The van der Waals surface area contributed by atoms with E-state index in [4.69, 9.17) is 0 Å². The number of hydrogen-bond acceptors (Lipinski definition) is 4. The predicted molar refractivity (Wildman–Crippen MR) is 91.5 cm³/mol. The highest BCUT2D eigenvalue weighted by Crippen LogP contribution is 2.17. The minimum absolute atomic E-state index is 0.271. The number of aliphatic hydroxyl groups is 1. The van der Waals surface area contributed by atoms with Crippen LogP contribution in [-0.4, -0.2) is 31.4 Å². The quantitative estimate of drug-likeness (QED) is 0.693. The standard InChI is InChI=1S/C14H12O2.C3H6O.C2H6O/c15-13(11-7-3-1-4-8-11)14(16)12-9-5-2-6-10-12;1-2-3-4;1-3-2/h1-10,13,15H;3H,2H2,1H3;1-2H3. The predicted octanol–water partition coefficient (Wildman–Crippen LogP) is 3.46. The first-order valence-corrected chi connectivity index (χ1v) is 7.28. The molecule has 0 aliphatic heterocycles. The number of hydrogen-bond donors (Lipinski definition) is 1. The molecule has 2 aromatic rings. The van der Waals surface area contributed by atoms with Crippen molar-refractivity contribution in [2.45, 2.75) is 19.4 Å². The number of carbonyl (C=O) groups is 2. The number of methoxy groups -OCH3 is 1. The first-order chi connectivity index (χ1) is 11.1. The second kappa shape index (κ2) is 13.4. The summed E-state index contributed by atoms with van der Waals surface area (Å²) in [5.41, 5.74) is 1.15. The lowest BCUT2D eigenvalue weighted by atomic mass is 10.0.